The van der Waals surface area contributed by atoms with E-state index in [0.29, 0.717) is 19.6 Å². The molecule has 1 N–H and O–H groups in total. The number of carbonyl (C=O) groups is 2. The molecule has 3 atom stereocenters. The molecule has 23 heavy (non-hydrogen) atoms. The van der Waals surface area contributed by atoms with Crippen molar-refractivity contribution in [1.82, 2.24) is 9.80 Å². The van der Waals surface area contributed by atoms with Crippen LogP contribution >= 0.6 is 0 Å². The number of halogens is 1. The molecule has 0 saturated carbocycles. The first-order valence-electron chi connectivity index (χ1n) is 7.84. The van der Waals surface area contributed by atoms with Gasteiger partial charge in [0.05, 0.1) is 11.6 Å². The highest BCUT2D eigenvalue weighted by molar-refractivity contribution is 5.89. The van der Waals surface area contributed by atoms with Gasteiger partial charge in [-0.05, 0) is 31.7 Å². The van der Waals surface area contributed by atoms with E-state index in [4.69, 9.17) is 5.11 Å². The summed E-state index contributed by atoms with van der Waals surface area (Å²) in [4.78, 5) is 27.2. The lowest BCUT2D eigenvalue weighted by Gasteiger charge is -2.34. The van der Waals surface area contributed by atoms with E-state index in [-0.39, 0.29) is 23.9 Å². The summed E-state index contributed by atoms with van der Waals surface area (Å²) >= 11 is 0. The molecule has 0 bridgehead atoms. The van der Waals surface area contributed by atoms with Crippen molar-refractivity contribution in [3.8, 4) is 0 Å². The van der Waals surface area contributed by atoms with Crippen molar-refractivity contribution in [1.29, 1.82) is 0 Å². The molecule has 2 heterocycles. The first-order valence-corrected chi connectivity index (χ1v) is 7.84. The van der Waals surface area contributed by atoms with Crippen LogP contribution < -0.4 is 0 Å². The van der Waals surface area contributed by atoms with Crippen LogP contribution in [-0.2, 0) is 4.79 Å². The number of likely N-dealkylation sites (tertiary alicyclic amines) is 2. The van der Waals surface area contributed by atoms with Crippen molar-refractivity contribution in [3.05, 3.63) is 35.4 Å². The number of alkyl halides is 1. The third-order valence-electron chi connectivity index (χ3n) is 5.18. The van der Waals surface area contributed by atoms with Crippen LogP contribution in [-0.4, -0.2) is 59.1 Å². The van der Waals surface area contributed by atoms with Gasteiger partial charge >= 0.3 is 5.97 Å². The minimum atomic E-state index is -1.75. The molecule has 1 aromatic carbocycles. The van der Waals surface area contributed by atoms with Gasteiger partial charge in [0.2, 0.25) is 0 Å². The summed E-state index contributed by atoms with van der Waals surface area (Å²) in [6.45, 7) is 3.44. The molecule has 6 heteroatoms. The zero-order valence-electron chi connectivity index (χ0n) is 13.3. The fourth-order valence-electron chi connectivity index (χ4n) is 3.63. The molecule has 0 unspecified atom stereocenters. The highest BCUT2D eigenvalue weighted by Gasteiger charge is 2.57. The van der Waals surface area contributed by atoms with Crippen LogP contribution in [0.25, 0.3) is 0 Å². The van der Waals surface area contributed by atoms with Gasteiger partial charge in [-0.15, -0.1) is 0 Å². The lowest BCUT2D eigenvalue weighted by molar-refractivity contribution is -0.142. The second kappa shape index (κ2) is 5.60. The monoisotopic (exact) mass is 320 g/mol. The van der Waals surface area contributed by atoms with Crippen LogP contribution in [0.15, 0.2) is 24.3 Å². The van der Waals surface area contributed by atoms with E-state index >= 15 is 4.39 Å². The number of hydrogen-bond donors (Lipinski definition) is 1. The molecule has 5 nitrogen and oxygen atoms in total. The number of carboxylic acid groups (broad SMARTS) is 1. The predicted molar refractivity (Wildman–Crippen MR) is 83.0 cm³/mol. The minimum Gasteiger partial charge on any atom is -0.478 e. The topological polar surface area (TPSA) is 60.9 Å². The third kappa shape index (κ3) is 2.61. The highest BCUT2D eigenvalue weighted by Crippen LogP contribution is 2.42. The minimum absolute atomic E-state index is 0.200. The Bertz CT molecular complexity index is 633. The molecule has 0 aromatic heterocycles. The Morgan fingerprint density at radius 1 is 1.35 bits per heavy atom. The van der Waals surface area contributed by atoms with Crippen molar-refractivity contribution in [2.45, 2.75) is 25.1 Å². The molecule has 0 spiro atoms. The highest BCUT2D eigenvalue weighted by atomic mass is 19.1. The van der Waals surface area contributed by atoms with E-state index in [2.05, 4.69) is 4.90 Å². The number of carboxylic acids is 1. The van der Waals surface area contributed by atoms with Crippen LogP contribution in [0.1, 0.15) is 35.3 Å². The molecule has 1 amide bonds. The van der Waals surface area contributed by atoms with Crippen molar-refractivity contribution in [2.24, 2.45) is 5.92 Å². The lowest BCUT2D eigenvalue weighted by atomic mass is 9.85. The number of rotatable bonds is 3. The summed E-state index contributed by atoms with van der Waals surface area (Å²) in [5.41, 5.74) is -0.730. The average Bonchev–Trinajstić information content (AvgIpc) is 2.79. The van der Waals surface area contributed by atoms with Gasteiger partial charge in [0.15, 0.2) is 5.67 Å². The fraction of sp³-hybridized carbons (Fsp3) is 0.529. The van der Waals surface area contributed by atoms with Crippen LogP contribution in [0.4, 0.5) is 4.39 Å². The van der Waals surface area contributed by atoms with Crippen molar-refractivity contribution in [2.75, 3.05) is 26.7 Å². The molecule has 0 radical (unpaired) electrons. The number of carbonyl (C=O) groups excluding carboxylic acids is 1. The van der Waals surface area contributed by atoms with E-state index in [1.165, 1.54) is 12.1 Å². The summed E-state index contributed by atoms with van der Waals surface area (Å²) in [6.07, 6.45) is 0.244. The summed E-state index contributed by atoms with van der Waals surface area (Å²) in [5.74, 6) is -1.71. The zero-order valence-corrected chi connectivity index (χ0v) is 13.3. The number of benzene rings is 1. The van der Waals surface area contributed by atoms with Gasteiger partial charge in [0.1, 0.15) is 0 Å². The van der Waals surface area contributed by atoms with E-state index in [1.807, 2.05) is 14.0 Å². The molecule has 2 saturated heterocycles. The summed E-state index contributed by atoms with van der Waals surface area (Å²) < 4.78 is 15.1. The predicted octanol–water partition coefficient (Wildman–Crippen LogP) is 1.95. The Labute approximate surface area is 134 Å². The van der Waals surface area contributed by atoms with E-state index in [9.17, 15) is 9.59 Å². The van der Waals surface area contributed by atoms with Crippen molar-refractivity contribution in [3.63, 3.8) is 0 Å². The van der Waals surface area contributed by atoms with Gasteiger partial charge < -0.3 is 14.9 Å². The quantitative estimate of drug-likeness (QED) is 0.925. The maximum absolute atomic E-state index is 15.1. The number of piperidine rings is 1. The molecular weight excluding hydrogens is 299 g/mol. The molecule has 2 fully saturated rings. The summed E-state index contributed by atoms with van der Waals surface area (Å²) in [5, 5.41) is 8.95. The van der Waals surface area contributed by atoms with Crippen molar-refractivity contribution < 1.29 is 19.1 Å². The number of amides is 1. The SMILES string of the molecule is C[C@H](c1ccc(C(=O)O)cc1)N1C[C@@H]2CN(C)CC[C@]2(F)C1=O. The summed E-state index contributed by atoms with van der Waals surface area (Å²) in [7, 11) is 1.95. The Morgan fingerprint density at radius 3 is 2.61 bits per heavy atom. The van der Waals surface area contributed by atoms with E-state index in [0.717, 1.165) is 5.56 Å². The van der Waals surface area contributed by atoms with Gasteiger partial charge in [0.25, 0.3) is 5.91 Å². The van der Waals surface area contributed by atoms with Crippen molar-refractivity contribution >= 4 is 11.9 Å². The first kappa shape index (κ1) is 15.9. The second-order valence-electron chi connectivity index (χ2n) is 6.63. The molecule has 1 aromatic rings. The molecule has 2 aliphatic heterocycles. The maximum atomic E-state index is 15.1. The van der Waals surface area contributed by atoms with Gasteiger partial charge in [-0.2, -0.15) is 0 Å². The number of nitrogens with zero attached hydrogens (tertiary/aromatic N) is 2. The fourth-order valence-corrected chi connectivity index (χ4v) is 3.63. The van der Waals surface area contributed by atoms with Gasteiger partial charge in [-0.25, -0.2) is 9.18 Å². The zero-order chi connectivity index (χ0) is 16.8. The third-order valence-corrected chi connectivity index (χ3v) is 5.18. The number of aromatic carboxylic acids is 1. The van der Waals surface area contributed by atoms with Crippen LogP contribution in [0.3, 0.4) is 0 Å². The largest absolute Gasteiger partial charge is 0.478 e. The Hall–Kier alpha value is -1.95. The molecule has 124 valence electrons. The number of fused-ring (bicyclic) bond motifs is 1. The molecule has 3 rings (SSSR count). The smallest absolute Gasteiger partial charge is 0.335 e. The second-order valence-corrected chi connectivity index (χ2v) is 6.63. The van der Waals surface area contributed by atoms with Gasteiger partial charge in [0, 0.05) is 32.0 Å². The molecule has 2 aliphatic rings. The molecule has 0 aliphatic carbocycles. The average molecular weight is 320 g/mol. The van der Waals surface area contributed by atoms with Crippen LogP contribution in [0.5, 0.6) is 0 Å². The number of hydrogen-bond acceptors (Lipinski definition) is 3. The van der Waals surface area contributed by atoms with Gasteiger partial charge in [-0.3, -0.25) is 4.79 Å². The van der Waals surface area contributed by atoms with Gasteiger partial charge in [-0.1, -0.05) is 12.1 Å². The van der Waals surface area contributed by atoms with Crippen LogP contribution in [0.2, 0.25) is 0 Å². The van der Waals surface area contributed by atoms with E-state index in [1.54, 1.807) is 17.0 Å². The lowest BCUT2D eigenvalue weighted by Crippen LogP contribution is -2.49. The first-order chi connectivity index (χ1) is 10.8. The van der Waals surface area contributed by atoms with E-state index < -0.39 is 17.5 Å². The Morgan fingerprint density at radius 2 is 2.00 bits per heavy atom. The van der Waals surface area contributed by atoms with Crippen LogP contribution in [0, 0.1) is 5.92 Å². The standard InChI is InChI=1S/C17H21FN2O3/c1-11(12-3-5-13(6-4-12)15(21)22)20-10-14-9-19(2)8-7-17(14,18)16(20)23/h3-6,11,14H,7-10H2,1-2H3,(H,21,22)/t11-,14+,17-/m1/s1. The summed E-state index contributed by atoms with van der Waals surface area (Å²) in [6, 6.07) is 6.15. The normalized spacial score (nSPS) is 29.4. The Kier molecular flexibility index (Phi) is 3.88. The Balaban J connectivity index is 1.81. The molecular formula is C17H21FN2O3. The maximum Gasteiger partial charge on any atom is 0.335 e.